The third-order valence-corrected chi connectivity index (χ3v) is 3.23. The summed E-state index contributed by atoms with van der Waals surface area (Å²) < 4.78 is 10.9. The number of methoxy groups -OCH3 is 1. The van der Waals surface area contributed by atoms with Gasteiger partial charge in [-0.2, -0.15) is 0 Å². The Bertz CT molecular complexity index is 727. The first-order valence-electron chi connectivity index (χ1n) is 6.06. The predicted octanol–water partition coefficient (Wildman–Crippen LogP) is 4.12. The molecule has 1 N–H and O–H groups in total. The number of fused-ring (bicyclic) bond motifs is 1. The highest BCUT2D eigenvalue weighted by atomic mass is 16.5. The van der Waals surface area contributed by atoms with E-state index in [1.165, 1.54) is 7.11 Å². The fraction of sp³-hybridized carbons (Fsp3) is 0.125. The molecule has 2 aromatic carbocycles. The summed E-state index contributed by atoms with van der Waals surface area (Å²) in [6, 6.07) is 13.4. The molecule has 0 amide bonds. The van der Waals surface area contributed by atoms with E-state index in [2.05, 4.69) is 0 Å². The second kappa shape index (κ2) is 4.35. The Morgan fingerprint density at radius 3 is 2.53 bits per heavy atom. The van der Waals surface area contributed by atoms with Gasteiger partial charge in [-0.05, 0) is 18.6 Å². The van der Waals surface area contributed by atoms with E-state index in [1.807, 2.05) is 37.3 Å². The molecule has 0 saturated carbocycles. The van der Waals surface area contributed by atoms with Gasteiger partial charge in [-0.25, -0.2) is 0 Å². The van der Waals surface area contributed by atoms with E-state index in [4.69, 9.17) is 9.15 Å². The smallest absolute Gasteiger partial charge is 0.164 e. The van der Waals surface area contributed by atoms with Crippen molar-refractivity contribution in [3.05, 3.63) is 48.2 Å². The van der Waals surface area contributed by atoms with Crippen molar-refractivity contribution in [1.82, 2.24) is 0 Å². The highest BCUT2D eigenvalue weighted by Crippen LogP contribution is 2.39. The molecule has 0 aliphatic carbocycles. The summed E-state index contributed by atoms with van der Waals surface area (Å²) in [6.45, 7) is 1.92. The Balaban J connectivity index is 2.31. The first-order chi connectivity index (χ1) is 9.20. The number of aromatic hydroxyl groups is 1. The number of rotatable bonds is 2. The highest BCUT2D eigenvalue weighted by Gasteiger charge is 2.15. The molecule has 0 atom stereocenters. The molecule has 0 bridgehead atoms. The molecule has 0 fully saturated rings. The summed E-state index contributed by atoms with van der Waals surface area (Å²) in [5.41, 5.74) is 2.79. The van der Waals surface area contributed by atoms with Crippen LogP contribution in [0, 0.1) is 6.92 Å². The summed E-state index contributed by atoms with van der Waals surface area (Å²) in [4.78, 5) is 0. The van der Waals surface area contributed by atoms with Crippen molar-refractivity contribution < 1.29 is 14.3 Å². The number of ether oxygens (including phenoxy) is 1. The molecule has 0 radical (unpaired) electrons. The standard InChI is InChI=1S/C16H14O3/c1-10-16(11-6-4-3-5-7-11)12-8-13(17)15(18-2)9-14(12)19-10/h3-9,17H,1-2H3. The molecule has 0 spiro atoms. The maximum absolute atomic E-state index is 9.92. The van der Waals surface area contributed by atoms with Gasteiger partial charge in [-0.15, -0.1) is 0 Å². The van der Waals surface area contributed by atoms with E-state index in [9.17, 15) is 5.11 Å². The number of phenols is 1. The number of phenolic OH excluding ortho intramolecular Hbond substituents is 1. The average molecular weight is 254 g/mol. The molecule has 1 aromatic heterocycles. The zero-order valence-corrected chi connectivity index (χ0v) is 10.8. The minimum atomic E-state index is 0.119. The maximum atomic E-state index is 9.92. The van der Waals surface area contributed by atoms with E-state index < -0.39 is 0 Å². The van der Waals surface area contributed by atoms with Gasteiger partial charge in [0.2, 0.25) is 0 Å². The molecular weight excluding hydrogens is 240 g/mol. The van der Waals surface area contributed by atoms with Gasteiger partial charge in [0.25, 0.3) is 0 Å². The van der Waals surface area contributed by atoms with Gasteiger partial charge in [0.1, 0.15) is 11.3 Å². The van der Waals surface area contributed by atoms with Crippen LogP contribution in [0.25, 0.3) is 22.1 Å². The fourth-order valence-corrected chi connectivity index (χ4v) is 2.36. The van der Waals surface area contributed by atoms with Crippen LogP contribution in [0.15, 0.2) is 46.9 Å². The maximum Gasteiger partial charge on any atom is 0.164 e. The average Bonchev–Trinajstić information content (AvgIpc) is 2.74. The molecular formula is C16H14O3. The lowest BCUT2D eigenvalue weighted by Gasteiger charge is -2.03. The molecule has 96 valence electrons. The largest absolute Gasteiger partial charge is 0.504 e. The molecule has 1 heterocycles. The molecule has 19 heavy (non-hydrogen) atoms. The van der Waals surface area contributed by atoms with Crippen LogP contribution in [0.2, 0.25) is 0 Å². The second-order valence-corrected chi connectivity index (χ2v) is 4.42. The SMILES string of the molecule is COc1cc2oc(C)c(-c3ccccc3)c2cc1O. The Hall–Kier alpha value is -2.42. The second-order valence-electron chi connectivity index (χ2n) is 4.42. The lowest BCUT2D eigenvalue weighted by atomic mass is 10.0. The third-order valence-electron chi connectivity index (χ3n) is 3.23. The van der Waals surface area contributed by atoms with Crippen LogP contribution < -0.4 is 4.74 Å². The molecule has 0 aliphatic heterocycles. The zero-order chi connectivity index (χ0) is 13.4. The van der Waals surface area contributed by atoms with E-state index in [1.54, 1.807) is 12.1 Å². The van der Waals surface area contributed by atoms with Gasteiger partial charge >= 0.3 is 0 Å². The minimum Gasteiger partial charge on any atom is -0.504 e. The molecule has 3 aromatic rings. The first-order valence-corrected chi connectivity index (χ1v) is 6.06. The van der Waals surface area contributed by atoms with Crippen LogP contribution in [0.4, 0.5) is 0 Å². The molecule has 3 nitrogen and oxygen atoms in total. The van der Waals surface area contributed by atoms with Gasteiger partial charge in [-0.3, -0.25) is 0 Å². The summed E-state index contributed by atoms with van der Waals surface area (Å²) in [5, 5.41) is 10.8. The van der Waals surface area contributed by atoms with Crippen molar-refractivity contribution in [3.63, 3.8) is 0 Å². The van der Waals surface area contributed by atoms with Gasteiger partial charge in [0.15, 0.2) is 11.5 Å². The van der Waals surface area contributed by atoms with Crippen LogP contribution in [0.3, 0.4) is 0 Å². The number of aryl methyl sites for hydroxylation is 1. The van der Waals surface area contributed by atoms with Crippen molar-refractivity contribution in [2.45, 2.75) is 6.92 Å². The van der Waals surface area contributed by atoms with Gasteiger partial charge in [-0.1, -0.05) is 30.3 Å². The predicted molar refractivity (Wildman–Crippen MR) is 74.6 cm³/mol. The van der Waals surface area contributed by atoms with Crippen molar-refractivity contribution in [2.75, 3.05) is 7.11 Å². The van der Waals surface area contributed by atoms with Crippen LogP contribution in [0.1, 0.15) is 5.76 Å². The van der Waals surface area contributed by atoms with Crippen LogP contribution in [-0.2, 0) is 0 Å². The molecule has 3 heteroatoms. The van der Waals surface area contributed by atoms with Crippen molar-refractivity contribution >= 4 is 11.0 Å². The summed E-state index contributed by atoms with van der Waals surface area (Å²) in [6.07, 6.45) is 0. The fourth-order valence-electron chi connectivity index (χ4n) is 2.36. The van der Waals surface area contributed by atoms with Crippen LogP contribution in [-0.4, -0.2) is 12.2 Å². The normalized spacial score (nSPS) is 10.8. The zero-order valence-electron chi connectivity index (χ0n) is 10.8. The van der Waals surface area contributed by atoms with Crippen LogP contribution in [0.5, 0.6) is 11.5 Å². The Labute approximate surface area is 111 Å². The van der Waals surface area contributed by atoms with Crippen molar-refractivity contribution in [1.29, 1.82) is 0 Å². The van der Waals surface area contributed by atoms with E-state index in [-0.39, 0.29) is 5.75 Å². The quantitative estimate of drug-likeness (QED) is 0.748. The first kappa shape index (κ1) is 11.7. The monoisotopic (exact) mass is 254 g/mol. The molecule has 0 unspecified atom stereocenters. The van der Waals surface area contributed by atoms with E-state index >= 15 is 0 Å². The molecule has 0 saturated heterocycles. The van der Waals surface area contributed by atoms with Gasteiger partial charge in [0.05, 0.1) is 7.11 Å². The van der Waals surface area contributed by atoms with E-state index in [0.717, 1.165) is 22.3 Å². The number of hydrogen-bond donors (Lipinski definition) is 1. The summed E-state index contributed by atoms with van der Waals surface area (Å²) >= 11 is 0. The molecule has 0 aliphatic rings. The Morgan fingerprint density at radius 2 is 1.84 bits per heavy atom. The third kappa shape index (κ3) is 1.83. The summed E-state index contributed by atoms with van der Waals surface area (Å²) in [5.74, 6) is 1.36. The number of furan rings is 1. The minimum absolute atomic E-state index is 0.119. The highest BCUT2D eigenvalue weighted by molar-refractivity contribution is 5.97. The van der Waals surface area contributed by atoms with E-state index in [0.29, 0.717) is 11.3 Å². The molecule has 3 rings (SSSR count). The lowest BCUT2D eigenvalue weighted by Crippen LogP contribution is -1.83. The number of benzene rings is 2. The Morgan fingerprint density at radius 1 is 1.11 bits per heavy atom. The van der Waals surface area contributed by atoms with Crippen molar-refractivity contribution in [3.8, 4) is 22.6 Å². The topological polar surface area (TPSA) is 42.6 Å². The van der Waals surface area contributed by atoms with Crippen molar-refractivity contribution in [2.24, 2.45) is 0 Å². The number of hydrogen-bond acceptors (Lipinski definition) is 3. The Kier molecular flexibility index (Phi) is 2.67. The lowest BCUT2D eigenvalue weighted by molar-refractivity contribution is 0.373. The van der Waals surface area contributed by atoms with Gasteiger partial charge < -0.3 is 14.3 Å². The summed E-state index contributed by atoms with van der Waals surface area (Å²) in [7, 11) is 1.52. The van der Waals surface area contributed by atoms with Crippen LogP contribution >= 0.6 is 0 Å². The van der Waals surface area contributed by atoms with Gasteiger partial charge in [0, 0.05) is 17.0 Å².